The summed E-state index contributed by atoms with van der Waals surface area (Å²) in [5.41, 5.74) is 3.76. The molecule has 0 spiro atoms. The topological polar surface area (TPSA) is 67.5 Å². The Hall–Kier alpha value is -2.92. The fourth-order valence-corrected chi connectivity index (χ4v) is 2.03. The van der Waals surface area contributed by atoms with Crippen molar-refractivity contribution in [2.24, 2.45) is 5.10 Å². The molecule has 0 unspecified atom stereocenters. The van der Waals surface area contributed by atoms with Crippen LogP contribution in [0.15, 0.2) is 70.4 Å². The second kappa shape index (κ2) is 6.89. The van der Waals surface area contributed by atoms with Crippen molar-refractivity contribution in [1.29, 1.82) is 0 Å². The van der Waals surface area contributed by atoms with Gasteiger partial charge in [-0.15, -0.1) is 0 Å². The van der Waals surface area contributed by atoms with E-state index in [0.29, 0.717) is 22.1 Å². The highest BCUT2D eigenvalue weighted by Crippen LogP contribution is 2.23. The second-order valence-electron chi connectivity index (χ2n) is 4.65. The van der Waals surface area contributed by atoms with Gasteiger partial charge in [0, 0.05) is 23.0 Å². The van der Waals surface area contributed by atoms with Gasteiger partial charge in [-0.2, -0.15) is 5.10 Å². The predicted octanol–water partition coefficient (Wildman–Crippen LogP) is 3.76. The Bertz CT molecular complexity index is 827. The van der Waals surface area contributed by atoms with E-state index in [0.717, 1.165) is 5.56 Å². The molecule has 6 heteroatoms. The Balaban J connectivity index is 1.65. The number of hydrogen-bond donors (Lipinski definition) is 1. The monoisotopic (exact) mass is 325 g/mol. The molecule has 1 aromatic carbocycles. The predicted molar refractivity (Wildman–Crippen MR) is 88.5 cm³/mol. The minimum absolute atomic E-state index is 0.334. The van der Waals surface area contributed by atoms with Gasteiger partial charge in [0.05, 0.1) is 11.8 Å². The Morgan fingerprint density at radius 2 is 2.00 bits per heavy atom. The highest BCUT2D eigenvalue weighted by Gasteiger charge is 2.05. The van der Waals surface area contributed by atoms with Crippen molar-refractivity contribution in [3.8, 4) is 11.3 Å². The molecule has 0 saturated heterocycles. The minimum atomic E-state index is -0.334. The zero-order valence-electron chi connectivity index (χ0n) is 11.9. The van der Waals surface area contributed by atoms with Crippen LogP contribution < -0.4 is 5.43 Å². The minimum Gasteiger partial charge on any atom is -0.455 e. The first-order valence-electron chi connectivity index (χ1n) is 6.81. The lowest BCUT2D eigenvalue weighted by Crippen LogP contribution is -2.17. The number of nitrogens with one attached hydrogen (secondary N) is 1. The van der Waals surface area contributed by atoms with E-state index in [1.54, 1.807) is 36.5 Å². The third kappa shape index (κ3) is 3.84. The molecule has 3 aromatic rings. The molecule has 1 N–H and O–H groups in total. The van der Waals surface area contributed by atoms with E-state index >= 15 is 0 Å². The fourth-order valence-electron chi connectivity index (χ4n) is 1.91. The van der Waals surface area contributed by atoms with Crippen LogP contribution in [0, 0.1) is 0 Å². The summed E-state index contributed by atoms with van der Waals surface area (Å²) in [7, 11) is 0. The first kappa shape index (κ1) is 15.0. The summed E-state index contributed by atoms with van der Waals surface area (Å²) in [5.74, 6) is 0.891. The summed E-state index contributed by atoms with van der Waals surface area (Å²) < 4.78 is 5.64. The molecular formula is C17H12ClN3O2. The lowest BCUT2D eigenvalue weighted by molar-refractivity contribution is 0.0955. The summed E-state index contributed by atoms with van der Waals surface area (Å²) in [6, 6.07) is 14.3. The van der Waals surface area contributed by atoms with Gasteiger partial charge in [-0.05, 0) is 48.5 Å². The van der Waals surface area contributed by atoms with E-state index in [1.165, 1.54) is 12.4 Å². The van der Waals surface area contributed by atoms with Gasteiger partial charge in [-0.3, -0.25) is 9.78 Å². The normalized spacial score (nSPS) is 10.8. The SMILES string of the molecule is O=C(N/N=C\c1ccc(-c2ccc(Cl)cc2)o1)c1cccnc1. The Morgan fingerprint density at radius 3 is 2.74 bits per heavy atom. The van der Waals surface area contributed by atoms with E-state index in [2.05, 4.69) is 15.5 Å². The number of pyridine rings is 1. The molecule has 0 bridgehead atoms. The summed E-state index contributed by atoms with van der Waals surface area (Å²) in [5, 5.41) is 4.54. The number of hydrogen-bond acceptors (Lipinski definition) is 4. The Labute approximate surface area is 137 Å². The standard InChI is InChI=1S/C17H12ClN3O2/c18-14-5-3-12(4-6-14)16-8-7-15(23-16)11-20-21-17(22)13-2-1-9-19-10-13/h1-11H,(H,21,22)/b20-11-. The van der Waals surface area contributed by atoms with Crippen LogP contribution in [0.4, 0.5) is 0 Å². The molecule has 3 rings (SSSR count). The molecular weight excluding hydrogens is 314 g/mol. The van der Waals surface area contributed by atoms with Crippen LogP contribution in [0.25, 0.3) is 11.3 Å². The highest BCUT2D eigenvalue weighted by atomic mass is 35.5. The quantitative estimate of drug-likeness (QED) is 0.586. The van der Waals surface area contributed by atoms with Gasteiger partial charge >= 0.3 is 0 Å². The van der Waals surface area contributed by atoms with Crippen LogP contribution in [0.3, 0.4) is 0 Å². The third-order valence-electron chi connectivity index (χ3n) is 3.04. The summed E-state index contributed by atoms with van der Waals surface area (Å²) in [4.78, 5) is 15.7. The molecule has 114 valence electrons. The van der Waals surface area contributed by atoms with Crippen LogP contribution in [-0.4, -0.2) is 17.1 Å². The van der Waals surface area contributed by atoms with Gasteiger partial charge in [0.15, 0.2) is 0 Å². The molecule has 0 aliphatic carbocycles. The highest BCUT2D eigenvalue weighted by molar-refractivity contribution is 6.30. The number of benzene rings is 1. The van der Waals surface area contributed by atoms with Gasteiger partial charge in [-0.1, -0.05) is 11.6 Å². The molecule has 5 nitrogen and oxygen atoms in total. The molecule has 23 heavy (non-hydrogen) atoms. The summed E-state index contributed by atoms with van der Waals surface area (Å²) >= 11 is 5.86. The number of furan rings is 1. The van der Waals surface area contributed by atoms with E-state index in [9.17, 15) is 4.79 Å². The molecule has 1 amide bonds. The molecule has 0 saturated carbocycles. The maximum absolute atomic E-state index is 11.8. The van der Waals surface area contributed by atoms with Crippen LogP contribution >= 0.6 is 11.6 Å². The average Bonchev–Trinajstić information content (AvgIpc) is 3.05. The van der Waals surface area contributed by atoms with Crippen molar-refractivity contribution < 1.29 is 9.21 Å². The molecule has 2 heterocycles. The molecule has 0 aliphatic heterocycles. The number of carbonyl (C=O) groups excluding carboxylic acids is 1. The third-order valence-corrected chi connectivity index (χ3v) is 3.29. The number of amides is 1. The van der Waals surface area contributed by atoms with Crippen LogP contribution in [0.1, 0.15) is 16.1 Å². The summed E-state index contributed by atoms with van der Waals surface area (Å²) in [6.07, 6.45) is 4.51. The number of nitrogens with zero attached hydrogens (tertiary/aromatic N) is 2. The van der Waals surface area contributed by atoms with Gasteiger partial charge in [0.25, 0.3) is 5.91 Å². The Kier molecular flexibility index (Phi) is 4.49. The fraction of sp³-hybridized carbons (Fsp3) is 0. The van der Waals surface area contributed by atoms with Crippen molar-refractivity contribution >= 4 is 23.7 Å². The molecule has 0 aliphatic rings. The van der Waals surface area contributed by atoms with Gasteiger partial charge in [0.2, 0.25) is 0 Å². The summed E-state index contributed by atoms with van der Waals surface area (Å²) in [6.45, 7) is 0. The molecule has 0 fully saturated rings. The average molecular weight is 326 g/mol. The van der Waals surface area contributed by atoms with Gasteiger partial charge in [-0.25, -0.2) is 5.43 Å². The number of rotatable bonds is 4. The van der Waals surface area contributed by atoms with Gasteiger partial charge < -0.3 is 4.42 Å². The zero-order valence-corrected chi connectivity index (χ0v) is 12.7. The van der Waals surface area contributed by atoms with Crippen molar-refractivity contribution in [3.05, 3.63) is 77.3 Å². The maximum atomic E-state index is 11.8. The van der Waals surface area contributed by atoms with E-state index in [4.69, 9.17) is 16.0 Å². The molecule has 0 radical (unpaired) electrons. The number of aromatic nitrogens is 1. The van der Waals surface area contributed by atoms with Crippen LogP contribution in [-0.2, 0) is 0 Å². The first-order valence-corrected chi connectivity index (χ1v) is 7.19. The number of hydrazone groups is 1. The molecule has 2 aromatic heterocycles. The van der Waals surface area contributed by atoms with Gasteiger partial charge in [0.1, 0.15) is 11.5 Å². The van der Waals surface area contributed by atoms with Crippen LogP contribution in [0.5, 0.6) is 0 Å². The lowest BCUT2D eigenvalue weighted by atomic mass is 10.2. The van der Waals surface area contributed by atoms with Crippen molar-refractivity contribution in [2.45, 2.75) is 0 Å². The van der Waals surface area contributed by atoms with E-state index in [-0.39, 0.29) is 5.91 Å². The number of halogens is 1. The zero-order chi connectivity index (χ0) is 16.1. The van der Waals surface area contributed by atoms with E-state index < -0.39 is 0 Å². The second-order valence-corrected chi connectivity index (χ2v) is 5.09. The van der Waals surface area contributed by atoms with Crippen molar-refractivity contribution in [2.75, 3.05) is 0 Å². The van der Waals surface area contributed by atoms with E-state index in [1.807, 2.05) is 18.2 Å². The Morgan fingerprint density at radius 1 is 1.17 bits per heavy atom. The smallest absolute Gasteiger partial charge is 0.272 e. The van der Waals surface area contributed by atoms with Crippen molar-refractivity contribution in [1.82, 2.24) is 10.4 Å². The molecule has 0 atom stereocenters. The largest absolute Gasteiger partial charge is 0.455 e. The maximum Gasteiger partial charge on any atom is 0.272 e. The van der Waals surface area contributed by atoms with Crippen LogP contribution in [0.2, 0.25) is 5.02 Å². The number of carbonyl (C=O) groups is 1. The lowest BCUT2D eigenvalue weighted by Gasteiger charge is -1.98. The first-order chi connectivity index (χ1) is 11.2. The van der Waals surface area contributed by atoms with Crippen molar-refractivity contribution in [3.63, 3.8) is 0 Å².